The highest BCUT2D eigenvalue weighted by molar-refractivity contribution is 5.93. The Balaban J connectivity index is 1.98. The lowest BCUT2D eigenvalue weighted by Crippen LogP contribution is -2.71. The van der Waals surface area contributed by atoms with Crippen molar-refractivity contribution >= 4 is 29.8 Å². The third kappa shape index (κ3) is 7.12. The first-order chi connectivity index (χ1) is 20.6. The van der Waals surface area contributed by atoms with Crippen LogP contribution in [0.25, 0.3) is 0 Å². The zero-order chi connectivity index (χ0) is 33.0. The highest BCUT2D eigenvalue weighted by Gasteiger charge is 2.66. The number of carbonyl (C=O) groups excluding carboxylic acids is 5. The summed E-state index contributed by atoms with van der Waals surface area (Å²) >= 11 is 0. The Morgan fingerprint density at radius 2 is 1.36 bits per heavy atom. The molecular weight excluding hydrogens is 616 g/mol. The van der Waals surface area contributed by atoms with Gasteiger partial charge in [-0.25, -0.2) is 38.7 Å². The fraction of sp³-hybridized carbons (Fsp3) is 0.682. The lowest BCUT2D eigenvalue weighted by atomic mass is 9.95. The monoisotopic (exact) mass is 644 g/mol. The predicted molar refractivity (Wildman–Crippen MR) is 121 cm³/mol. The SMILES string of the molecule is O=C1/C=C/C(=O)OOC(=O)C(O)(CC(=O)O[C@@]2(OC3(CO)O[C@H](CO)[C@@H](O)[C@@H]3O)O[C@H](CO)[C@@H](O)[C@H](O)[C@H]2O)CC(=O)OO1. The quantitative estimate of drug-likeness (QED) is 0.0673. The summed E-state index contributed by atoms with van der Waals surface area (Å²) in [5, 5.41) is 92.0. The first-order valence-electron chi connectivity index (χ1n) is 12.3. The molecule has 2 saturated heterocycles. The Bertz CT molecular complexity index is 1140. The topological polar surface area (TPSA) is 341 Å². The largest absolute Gasteiger partial charge is 0.405 e. The maximum atomic E-state index is 13.1. The van der Waals surface area contributed by atoms with Crippen molar-refractivity contribution in [3.8, 4) is 0 Å². The van der Waals surface area contributed by atoms with Gasteiger partial charge in [-0.05, 0) is 0 Å². The Morgan fingerprint density at radius 1 is 0.795 bits per heavy atom. The van der Waals surface area contributed by atoms with E-state index in [1.807, 2.05) is 0 Å². The number of aliphatic hydroxyl groups excluding tert-OH is 8. The van der Waals surface area contributed by atoms with E-state index >= 15 is 0 Å². The summed E-state index contributed by atoms with van der Waals surface area (Å²) in [6, 6.07) is 0. The second kappa shape index (κ2) is 13.7. The van der Waals surface area contributed by atoms with Crippen LogP contribution in [0.5, 0.6) is 0 Å². The molecule has 22 heteroatoms. The third-order valence-corrected chi connectivity index (χ3v) is 6.41. The summed E-state index contributed by atoms with van der Waals surface area (Å²) in [4.78, 5) is 77.0. The second-order valence-electron chi connectivity index (χ2n) is 9.54. The molecule has 22 nitrogen and oxygen atoms in total. The summed E-state index contributed by atoms with van der Waals surface area (Å²) in [7, 11) is 0. The number of carbonyl (C=O) groups is 5. The average Bonchev–Trinajstić information content (AvgIpc) is 3.22. The van der Waals surface area contributed by atoms with Gasteiger partial charge in [0.2, 0.25) is 5.79 Å². The molecule has 0 spiro atoms. The molecule has 0 aliphatic carbocycles. The molecule has 3 aliphatic heterocycles. The maximum Gasteiger partial charge on any atom is 0.387 e. The van der Waals surface area contributed by atoms with Gasteiger partial charge < -0.3 is 60.2 Å². The van der Waals surface area contributed by atoms with Crippen LogP contribution in [0, 0.1) is 0 Å². The van der Waals surface area contributed by atoms with Gasteiger partial charge in [-0.15, -0.1) is 0 Å². The van der Waals surface area contributed by atoms with E-state index in [1.54, 1.807) is 0 Å². The van der Waals surface area contributed by atoms with Crippen molar-refractivity contribution < 1.29 is 108 Å². The van der Waals surface area contributed by atoms with Gasteiger partial charge in [-0.2, -0.15) is 0 Å². The van der Waals surface area contributed by atoms with E-state index in [-0.39, 0.29) is 0 Å². The van der Waals surface area contributed by atoms with Gasteiger partial charge in [0.25, 0.3) is 0 Å². The van der Waals surface area contributed by atoms with Crippen LogP contribution < -0.4 is 0 Å². The lowest BCUT2D eigenvalue weighted by Gasteiger charge is -2.49. The minimum atomic E-state index is -3.55. The van der Waals surface area contributed by atoms with Gasteiger partial charge >= 0.3 is 35.8 Å². The molecule has 10 atom stereocenters. The summed E-state index contributed by atoms with van der Waals surface area (Å²) in [5.41, 5.74) is -3.39. The first-order valence-corrected chi connectivity index (χ1v) is 12.3. The van der Waals surface area contributed by atoms with Crippen molar-refractivity contribution in [2.24, 2.45) is 0 Å². The van der Waals surface area contributed by atoms with Crippen LogP contribution in [-0.2, 0) is 62.5 Å². The van der Waals surface area contributed by atoms with Crippen LogP contribution >= 0.6 is 0 Å². The molecule has 0 aromatic carbocycles. The van der Waals surface area contributed by atoms with E-state index in [2.05, 4.69) is 19.6 Å². The van der Waals surface area contributed by atoms with Crippen molar-refractivity contribution in [2.45, 2.75) is 72.9 Å². The summed E-state index contributed by atoms with van der Waals surface area (Å²) < 4.78 is 20.6. The number of aliphatic hydroxyl groups is 9. The van der Waals surface area contributed by atoms with E-state index in [1.165, 1.54) is 0 Å². The minimum absolute atomic E-state index is 0.355. The maximum absolute atomic E-state index is 13.1. The molecular formula is C22H28O22. The molecule has 0 aromatic rings. The van der Waals surface area contributed by atoms with Gasteiger partial charge in [0.05, 0.1) is 26.1 Å². The van der Waals surface area contributed by atoms with Crippen LogP contribution in [0.15, 0.2) is 12.2 Å². The highest BCUT2D eigenvalue weighted by atomic mass is 17.2. The second-order valence-corrected chi connectivity index (χ2v) is 9.54. The van der Waals surface area contributed by atoms with Crippen molar-refractivity contribution in [1.29, 1.82) is 0 Å². The number of rotatable bonds is 8. The molecule has 2 fully saturated rings. The van der Waals surface area contributed by atoms with Gasteiger partial charge in [-0.3, -0.25) is 9.53 Å². The highest BCUT2D eigenvalue weighted by Crippen LogP contribution is 2.42. The van der Waals surface area contributed by atoms with Gasteiger partial charge in [0, 0.05) is 12.2 Å². The summed E-state index contributed by atoms with van der Waals surface area (Å²) in [5.74, 6) is -15.1. The molecule has 0 radical (unpaired) electrons. The van der Waals surface area contributed by atoms with E-state index < -0.39 is 123 Å². The van der Waals surface area contributed by atoms with E-state index in [9.17, 15) is 69.9 Å². The van der Waals surface area contributed by atoms with E-state index in [0.717, 1.165) is 0 Å². The molecule has 3 rings (SSSR count). The molecule has 0 aromatic heterocycles. The third-order valence-electron chi connectivity index (χ3n) is 6.41. The predicted octanol–water partition coefficient (Wildman–Crippen LogP) is -7.44. The first kappa shape index (κ1) is 35.1. The molecule has 0 bridgehead atoms. The Kier molecular flexibility index (Phi) is 10.9. The van der Waals surface area contributed by atoms with Crippen molar-refractivity contribution in [1.82, 2.24) is 0 Å². The Hall–Kier alpha value is -3.39. The van der Waals surface area contributed by atoms with Gasteiger partial charge in [0.1, 0.15) is 43.2 Å². The zero-order valence-electron chi connectivity index (χ0n) is 22.1. The van der Waals surface area contributed by atoms with Crippen LogP contribution in [-0.4, -0.2) is 156 Å². The molecule has 2 unspecified atom stereocenters. The molecule has 248 valence electrons. The molecule has 0 amide bonds. The molecule has 9 N–H and O–H groups in total. The number of hydrogen-bond donors (Lipinski definition) is 9. The summed E-state index contributed by atoms with van der Waals surface area (Å²) in [6.45, 7) is -3.60. The normalized spacial score (nSPS) is 40.9. The molecule has 3 heterocycles. The summed E-state index contributed by atoms with van der Waals surface area (Å²) in [6.07, 6.45) is -17.7. The lowest BCUT2D eigenvalue weighted by molar-refractivity contribution is -0.498. The Labute approximate surface area is 243 Å². The fourth-order valence-electron chi connectivity index (χ4n) is 4.14. The number of esters is 1. The van der Waals surface area contributed by atoms with Crippen molar-refractivity contribution in [3.63, 3.8) is 0 Å². The van der Waals surface area contributed by atoms with Gasteiger partial charge in [-0.1, -0.05) is 0 Å². The molecule has 3 aliphatic rings. The van der Waals surface area contributed by atoms with E-state index in [0.29, 0.717) is 12.2 Å². The van der Waals surface area contributed by atoms with Crippen LogP contribution in [0.2, 0.25) is 0 Å². The number of ether oxygens (including phenoxy) is 4. The van der Waals surface area contributed by atoms with Crippen molar-refractivity contribution in [3.05, 3.63) is 12.2 Å². The van der Waals surface area contributed by atoms with Crippen LogP contribution in [0.3, 0.4) is 0 Å². The van der Waals surface area contributed by atoms with Crippen LogP contribution in [0.1, 0.15) is 12.8 Å². The smallest absolute Gasteiger partial charge is 0.387 e. The van der Waals surface area contributed by atoms with E-state index in [4.69, 9.17) is 18.9 Å². The number of hydrogen-bond acceptors (Lipinski definition) is 22. The zero-order valence-corrected chi connectivity index (χ0v) is 22.1. The fourth-order valence-corrected chi connectivity index (χ4v) is 4.14. The molecule has 0 saturated carbocycles. The van der Waals surface area contributed by atoms with Crippen molar-refractivity contribution in [2.75, 3.05) is 19.8 Å². The van der Waals surface area contributed by atoms with Gasteiger partial charge in [0.15, 0.2) is 11.7 Å². The standard InChI is InChI=1S/C22H28O22/c23-5-8-14(30)16(32)18(34)22(38-8,44-21(7-25)17(33)15(31)9(6-24)37-21)39-12(28)3-20(36)4-13(29)42-40-10(26)1-2-11(27)41-43-19(20)35/h1-2,8-9,14-18,23-25,30-34,36H,3-7H2/b2-1+/t8-,9-,14-,15-,16+,17+,18-,20?,21?,22+/m1/s1. The average molecular weight is 644 g/mol. The van der Waals surface area contributed by atoms with Crippen LogP contribution in [0.4, 0.5) is 0 Å². The minimum Gasteiger partial charge on any atom is -0.405 e. The molecule has 44 heavy (non-hydrogen) atoms. The Morgan fingerprint density at radius 3 is 1.91 bits per heavy atom.